The number of hydrogen-bond donors (Lipinski definition) is 2. The van der Waals surface area contributed by atoms with Crippen molar-refractivity contribution in [2.45, 2.75) is 32.1 Å². The van der Waals surface area contributed by atoms with Crippen molar-refractivity contribution in [2.24, 2.45) is 0 Å². The summed E-state index contributed by atoms with van der Waals surface area (Å²) in [6.07, 6.45) is 0.790. The molecule has 0 heterocycles. The quantitative estimate of drug-likeness (QED) is 0.740. The van der Waals surface area contributed by atoms with Crippen LogP contribution in [0.2, 0.25) is 0 Å². The van der Waals surface area contributed by atoms with E-state index in [1.807, 2.05) is 32.9 Å². The van der Waals surface area contributed by atoms with Crippen molar-refractivity contribution in [1.82, 2.24) is 10.0 Å². The molecular weight excluding hydrogens is 248 g/mol. The highest BCUT2D eigenvalue weighted by molar-refractivity contribution is 7.89. The van der Waals surface area contributed by atoms with Crippen LogP contribution in [0.4, 0.5) is 0 Å². The Bertz CT molecular complexity index is 484. The Morgan fingerprint density at radius 1 is 1.17 bits per heavy atom. The van der Waals surface area contributed by atoms with Crippen LogP contribution in [0.3, 0.4) is 0 Å². The van der Waals surface area contributed by atoms with Gasteiger partial charge in [0.1, 0.15) is 0 Å². The Labute approximate surface area is 110 Å². The van der Waals surface area contributed by atoms with Crippen LogP contribution < -0.4 is 10.0 Å². The molecule has 0 aliphatic heterocycles. The van der Waals surface area contributed by atoms with E-state index in [-0.39, 0.29) is 0 Å². The molecule has 1 aromatic carbocycles. The van der Waals surface area contributed by atoms with E-state index in [0.29, 0.717) is 11.4 Å². The van der Waals surface area contributed by atoms with Crippen LogP contribution in [0.1, 0.15) is 24.5 Å². The van der Waals surface area contributed by atoms with Gasteiger partial charge in [0.2, 0.25) is 10.0 Å². The third-order valence-corrected chi connectivity index (χ3v) is 4.31. The first kappa shape index (κ1) is 15.1. The molecule has 4 nitrogen and oxygen atoms in total. The van der Waals surface area contributed by atoms with Gasteiger partial charge in [-0.3, -0.25) is 0 Å². The van der Waals surface area contributed by atoms with Crippen molar-refractivity contribution < 1.29 is 8.42 Å². The Morgan fingerprint density at radius 3 is 2.56 bits per heavy atom. The molecule has 0 amide bonds. The van der Waals surface area contributed by atoms with Gasteiger partial charge in [-0.05, 0) is 50.6 Å². The molecule has 0 spiro atoms. The number of nitrogens with one attached hydrogen (secondary N) is 2. The summed E-state index contributed by atoms with van der Waals surface area (Å²) in [6, 6.07) is 5.46. The van der Waals surface area contributed by atoms with Gasteiger partial charge < -0.3 is 5.32 Å². The van der Waals surface area contributed by atoms with Gasteiger partial charge in [0, 0.05) is 6.54 Å². The molecule has 18 heavy (non-hydrogen) atoms. The van der Waals surface area contributed by atoms with Crippen molar-refractivity contribution in [2.75, 3.05) is 19.6 Å². The minimum absolute atomic E-state index is 0.381. The van der Waals surface area contributed by atoms with Crippen LogP contribution >= 0.6 is 0 Å². The van der Waals surface area contributed by atoms with E-state index in [9.17, 15) is 8.42 Å². The van der Waals surface area contributed by atoms with Gasteiger partial charge in [0.25, 0.3) is 0 Å². The summed E-state index contributed by atoms with van der Waals surface area (Å²) >= 11 is 0. The summed E-state index contributed by atoms with van der Waals surface area (Å²) in [7, 11) is -3.38. The number of benzene rings is 1. The van der Waals surface area contributed by atoms with Crippen LogP contribution in [0.25, 0.3) is 0 Å². The zero-order valence-corrected chi connectivity index (χ0v) is 12.1. The van der Waals surface area contributed by atoms with Crippen LogP contribution in [-0.4, -0.2) is 28.1 Å². The molecule has 1 aromatic rings. The van der Waals surface area contributed by atoms with E-state index in [2.05, 4.69) is 10.0 Å². The van der Waals surface area contributed by atoms with Gasteiger partial charge in [-0.2, -0.15) is 0 Å². The predicted molar refractivity (Wildman–Crippen MR) is 74.3 cm³/mol. The van der Waals surface area contributed by atoms with Crippen molar-refractivity contribution in [3.05, 3.63) is 29.3 Å². The molecule has 0 saturated heterocycles. The predicted octanol–water partition coefficient (Wildman–Crippen LogP) is 1.58. The minimum Gasteiger partial charge on any atom is -0.317 e. The fourth-order valence-corrected chi connectivity index (χ4v) is 3.07. The van der Waals surface area contributed by atoms with Gasteiger partial charge in [0.05, 0.1) is 4.90 Å². The average molecular weight is 270 g/mol. The highest BCUT2D eigenvalue weighted by Gasteiger charge is 2.15. The normalized spacial score (nSPS) is 11.7. The maximum absolute atomic E-state index is 12.1. The van der Waals surface area contributed by atoms with E-state index < -0.39 is 10.0 Å². The third kappa shape index (κ3) is 4.40. The number of rotatable bonds is 7. The van der Waals surface area contributed by atoms with E-state index in [1.165, 1.54) is 0 Å². The van der Waals surface area contributed by atoms with E-state index in [4.69, 9.17) is 0 Å². The molecule has 0 fully saturated rings. The van der Waals surface area contributed by atoms with Crippen LogP contribution in [0, 0.1) is 13.8 Å². The Kier molecular flexibility index (Phi) is 5.78. The molecular formula is C13H22N2O2S. The second kappa shape index (κ2) is 6.87. The van der Waals surface area contributed by atoms with Crippen molar-refractivity contribution in [3.63, 3.8) is 0 Å². The second-order valence-corrected chi connectivity index (χ2v) is 6.11. The topological polar surface area (TPSA) is 58.2 Å². The first-order chi connectivity index (χ1) is 8.47. The van der Waals surface area contributed by atoms with Gasteiger partial charge in [-0.1, -0.05) is 19.1 Å². The number of hydrogen-bond acceptors (Lipinski definition) is 3. The van der Waals surface area contributed by atoms with Crippen LogP contribution in [0.5, 0.6) is 0 Å². The first-order valence-electron chi connectivity index (χ1n) is 6.25. The zero-order chi connectivity index (χ0) is 13.6. The van der Waals surface area contributed by atoms with Crippen LogP contribution in [-0.2, 0) is 10.0 Å². The molecule has 2 N–H and O–H groups in total. The number of sulfonamides is 1. The number of aryl methyl sites for hydroxylation is 2. The van der Waals surface area contributed by atoms with Crippen molar-refractivity contribution in [3.8, 4) is 0 Å². The van der Waals surface area contributed by atoms with Crippen LogP contribution in [0.15, 0.2) is 23.1 Å². The highest BCUT2D eigenvalue weighted by Crippen LogP contribution is 2.16. The van der Waals surface area contributed by atoms with E-state index >= 15 is 0 Å². The summed E-state index contributed by atoms with van der Waals surface area (Å²) in [5.74, 6) is 0. The zero-order valence-electron chi connectivity index (χ0n) is 11.3. The van der Waals surface area contributed by atoms with Crippen molar-refractivity contribution >= 4 is 10.0 Å². The summed E-state index contributed by atoms with van der Waals surface area (Å²) in [5.41, 5.74) is 1.73. The Hall–Kier alpha value is -0.910. The van der Waals surface area contributed by atoms with Crippen molar-refractivity contribution in [1.29, 1.82) is 0 Å². The Morgan fingerprint density at radius 2 is 1.89 bits per heavy atom. The standard InChI is InChI=1S/C13H22N2O2S/c1-4-14-8-5-9-15-18(16,17)13-10-11(2)6-7-12(13)3/h6-7,10,14-15H,4-5,8-9H2,1-3H3. The van der Waals surface area contributed by atoms with E-state index in [1.54, 1.807) is 6.07 Å². The SMILES string of the molecule is CCNCCCNS(=O)(=O)c1cc(C)ccc1C. The fourth-order valence-electron chi connectivity index (χ4n) is 1.67. The molecule has 0 aliphatic carbocycles. The highest BCUT2D eigenvalue weighted by atomic mass is 32.2. The third-order valence-electron chi connectivity index (χ3n) is 2.71. The lowest BCUT2D eigenvalue weighted by Crippen LogP contribution is -2.28. The Balaban J connectivity index is 2.66. The minimum atomic E-state index is -3.38. The molecule has 0 bridgehead atoms. The fraction of sp³-hybridized carbons (Fsp3) is 0.538. The lowest BCUT2D eigenvalue weighted by molar-refractivity contribution is 0.574. The van der Waals surface area contributed by atoms with E-state index in [0.717, 1.165) is 30.6 Å². The first-order valence-corrected chi connectivity index (χ1v) is 7.73. The molecule has 0 saturated carbocycles. The van der Waals surface area contributed by atoms with Gasteiger partial charge in [0.15, 0.2) is 0 Å². The molecule has 1 rings (SSSR count). The second-order valence-electron chi connectivity index (χ2n) is 4.37. The smallest absolute Gasteiger partial charge is 0.240 e. The molecule has 0 radical (unpaired) electrons. The monoisotopic (exact) mass is 270 g/mol. The van der Waals surface area contributed by atoms with Gasteiger partial charge >= 0.3 is 0 Å². The molecule has 0 unspecified atom stereocenters. The summed E-state index contributed by atoms with van der Waals surface area (Å²) in [6.45, 7) is 7.93. The maximum atomic E-state index is 12.1. The lowest BCUT2D eigenvalue weighted by atomic mass is 10.2. The van der Waals surface area contributed by atoms with Gasteiger partial charge in [-0.25, -0.2) is 13.1 Å². The lowest BCUT2D eigenvalue weighted by Gasteiger charge is -2.10. The molecule has 102 valence electrons. The molecule has 0 aliphatic rings. The van der Waals surface area contributed by atoms with Gasteiger partial charge in [-0.15, -0.1) is 0 Å². The largest absolute Gasteiger partial charge is 0.317 e. The summed E-state index contributed by atoms with van der Waals surface area (Å²) < 4.78 is 26.8. The molecule has 0 atom stereocenters. The maximum Gasteiger partial charge on any atom is 0.240 e. The molecule has 5 heteroatoms. The molecule has 0 aromatic heterocycles. The summed E-state index contributed by atoms with van der Waals surface area (Å²) in [4.78, 5) is 0.381. The average Bonchev–Trinajstić information content (AvgIpc) is 2.32. The summed E-state index contributed by atoms with van der Waals surface area (Å²) in [5, 5.41) is 3.16.